The molecule has 0 bridgehead atoms. The molecule has 0 saturated heterocycles. The predicted molar refractivity (Wildman–Crippen MR) is 110 cm³/mol. The number of hydrogen-bond acceptors (Lipinski definition) is 3. The third-order valence-electron chi connectivity index (χ3n) is 7.37. The van der Waals surface area contributed by atoms with Crippen molar-refractivity contribution in [1.82, 2.24) is 0 Å². The van der Waals surface area contributed by atoms with Crippen LogP contribution in [0.5, 0.6) is 17.2 Å². The van der Waals surface area contributed by atoms with Crippen molar-refractivity contribution in [3.05, 3.63) is 17.2 Å². The molecular weight excluding hydrogens is 336 g/mol. The highest BCUT2D eigenvalue weighted by Gasteiger charge is 2.39. The van der Waals surface area contributed by atoms with Crippen LogP contribution in [0, 0.1) is 10.8 Å². The van der Waals surface area contributed by atoms with E-state index in [1.165, 1.54) is 57.8 Å². The van der Waals surface area contributed by atoms with E-state index in [2.05, 4.69) is 13.8 Å². The van der Waals surface area contributed by atoms with Crippen molar-refractivity contribution >= 4 is 0 Å². The van der Waals surface area contributed by atoms with Crippen molar-refractivity contribution in [3.63, 3.8) is 0 Å². The van der Waals surface area contributed by atoms with Crippen LogP contribution in [0.3, 0.4) is 0 Å². The van der Waals surface area contributed by atoms with Gasteiger partial charge in [0.1, 0.15) is 0 Å². The van der Waals surface area contributed by atoms with Crippen LogP contribution < -0.4 is 0 Å². The summed E-state index contributed by atoms with van der Waals surface area (Å²) in [7, 11) is 0. The molecule has 3 N–H and O–H groups in total. The topological polar surface area (TPSA) is 60.7 Å². The average Bonchev–Trinajstić information content (AvgIpc) is 3.57. The Morgan fingerprint density at radius 3 is 2.11 bits per heavy atom. The van der Waals surface area contributed by atoms with Crippen LogP contribution in [0.15, 0.2) is 6.07 Å². The zero-order chi connectivity index (χ0) is 19.5. The van der Waals surface area contributed by atoms with E-state index in [0.29, 0.717) is 10.8 Å². The van der Waals surface area contributed by atoms with Crippen LogP contribution in [0.2, 0.25) is 0 Å². The summed E-state index contributed by atoms with van der Waals surface area (Å²) in [5, 5.41) is 30.3. The Morgan fingerprint density at radius 1 is 0.815 bits per heavy atom. The third-order valence-corrected chi connectivity index (χ3v) is 7.37. The second kappa shape index (κ2) is 8.32. The van der Waals surface area contributed by atoms with Gasteiger partial charge in [-0.3, -0.25) is 0 Å². The highest BCUT2D eigenvalue weighted by atomic mass is 16.3. The quantitative estimate of drug-likeness (QED) is 0.285. The molecule has 0 radical (unpaired) electrons. The van der Waals surface area contributed by atoms with Gasteiger partial charge in [-0.25, -0.2) is 0 Å². The fourth-order valence-corrected chi connectivity index (χ4v) is 4.51. The second-order valence-electron chi connectivity index (χ2n) is 9.66. The SMILES string of the molecule is CCC1(CCCCc2cc(O)c(O)c(O)c2CCCCCC2(C)CC2)CC1. The summed E-state index contributed by atoms with van der Waals surface area (Å²) in [6, 6.07) is 1.67. The maximum atomic E-state index is 10.4. The summed E-state index contributed by atoms with van der Waals surface area (Å²) >= 11 is 0. The van der Waals surface area contributed by atoms with E-state index >= 15 is 0 Å². The Hall–Kier alpha value is -1.38. The van der Waals surface area contributed by atoms with Gasteiger partial charge in [-0.05, 0) is 86.7 Å². The standard InChI is InChI=1S/C24H38O3/c1-3-24(15-16-24)12-8-6-9-18-17-20(25)22(27)21(26)19(18)10-5-4-7-11-23(2)13-14-23/h17,25-27H,3-16H2,1-2H3. The number of phenolic OH excluding ortho intramolecular Hbond substituents is 3. The first kappa shape index (κ1) is 20.4. The van der Waals surface area contributed by atoms with Crippen molar-refractivity contribution in [1.29, 1.82) is 0 Å². The molecule has 1 aromatic carbocycles. The largest absolute Gasteiger partial charge is 0.504 e. The number of aromatic hydroxyl groups is 3. The van der Waals surface area contributed by atoms with Crippen molar-refractivity contribution in [3.8, 4) is 17.2 Å². The lowest BCUT2D eigenvalue weighted by Gasteiger charge is -2.16. The van der Waals surface area contributed by atoms with Gasteiger partial charge < -0.3 is 15.3 Å². The molecule has 3 heteroatoms. The van der Waals surface area contributed by atoms with E-state index in [1.54, 1.807) is 6.07 Å². The van der Waals surface area contributed by atoms with Crippen LogP contribution in [0.4, 0.5) is 0 Å². The van der Waals surface area contributed by atoms with E-state index in [9.17, 15) is 15.3 Å². The second-order valence-corrected chi connectivity index (χ2v) is 9.66. The Morgan fingerprint density at radius 2 is 1.48 bits per heavy atom. The molecule has 2 fully saturated rings. The minimum absolute atomic E-state index is 0.105. The normalized spacial score (nSPS) is 19.2. The fourth-order valence-electron chi connectivity index (χ4n) is 4.51. The molecule has 2 aliphatic rings. The summed E-state index contributed by atoms with van der Waals surface area (Å²) < 4.78 is 0. The van der Waals surface area contributed by atoms with E-state index < -0.39 is 0 Å². The summed E-state index contributed by atoms with van der Waals surface area (Å²) in [4.78, 5) is 0. The van der Waals surface area contributed by atoms with E-state index in [4.69, 9.17) is 0 Å². The molecule has 0 amide bonds. The first-order chi connectivity index (χ1) is 12.9. The molecule has 2 aliphatic carbocycles. The summed E-state index contributed by atoms with van der Waals surface area (Å²) in [6.45, 7) is 4.67. The number of rotatable bonds is 12. The molecule has 27 heavy (non-hydrogen) atoms. The van der Waals surface area contributed by atoms with Gasteiger partial charge in [0.05, 0.1) is 0 Å². The minimum atomic E-state index is -0.359. The molecule has 152 valence electrons. The highest BCUT2D eigenvalue weighted by Crippen LogP contribution is 2.52. The van der Waals surface area contributed by atoms with Gasteiger partial charge in [0.2, 0.25) is 5.75 Å². The van der Waals surface area contributed by atoms with Gasteiger partial charge in [-0.1, -0.05) is 39.5 Å². The minimum Gasteiger partial charge on any atom is -0.504 e. The van der Waals surface area contributed by atoms with Crippen LogP contribution >= 0.6 is 0 Å². The van der Waals surface area contributed by atoms with Crippen LogP contribution in [0.25, 0.3) is 0 Å². The van der Waals surface area contributed by atoms with Gasteiger partial charge in [0.25, 0.3) is 0 Å². The smallest absolute Gasteiger partial charge is 0.200 e. The van der Waals surface area contributed by atoms with Crippen molar-refractivity contribution < 1.29 is 15.3 Å². The lowest BCUT2D eigenvalue weighted by Crippen LogP contribution is -2.00. The van der Waals surface area contributed by atoms with Crippen LogP contribution in [-0.2, 0) is 12.8 Å². The molecule has 0 aliphatic heterocycles. The van der Waals surface area contributed by atoms with Crippen LogP contribution in [0.1, 0.15) is 102 Å². The van der Waals surface area contributed by atoms with Gasteiger partial charge in [-0.15, -0.1) is 0 Å². The third kappa shape index (κ3) is 5.33. The first-order valence-corrected chi connectivity index (χ1v) is 11.1. The molecule has 3 rings (SSSR count). The average molecular weight is 375 g/mol. The molecule has 0 heterocycles. The Bertz CT molecular complexity index is 642. The van der Waals surface area contributed by atoms with Crippen LogP contribution in [-0.4, -0.2) is 15.3 Å². The summed E-state index contributed by atoms with van der Waals surface area (Å²) in [6.07, 6.45) is 16.8. The number of phenols is 3. The Kier molecular flexibility index (Phi) is 6.28. The molecule has 0 unspecified atom stereocenters. The van der Waals surface area contributed by atoms with Crippen molar-refractivity contribution in [2.75, 3.05) is 0 Å². The molecule has 2 saturated carbocycles. The molecule has 0 atom stereocenters. The highest BCUT2D eigenvalue weighted by molar-refractivity contribution is 5.57. The molecule has 3 nitrogen and oxygen atoms in total. The molecule has 0 aromatic heterocycles. The van der Waals surface area contributed by atoms with E-state index in [1.807, 2.05) is 0 Å². The predicted octanol–water partition coefficient (Wildman–Crippen LogP) is 6.61. The van der Waals surface area contributed by atoms with E-state index in [-0.39, 0.29) is 17.2 Å². The van der Waals surface area contributed by atoms with Gasteiger partial charge in [-0.2, -0.15) is 0 Å². The number of benzene rings is 1. The monoisotopic (exact) mass is 374 g/mol. The fraction of sp³-hybridized carbons (Fsp3) is 0.750. The first-order valence-electron chi connectivity index (χ1n) is 11.1. The van der Waals surface area contributed by atoms with Crippen molar-refractivity contribution in [2.24, 2.45) is 10.8 Å². The van der Waals surface area contributed by atoms with E-state index in [0.717, 1.165) is 43.2 Å². The Labute approximate surface area is 164 Å². The zero-order valence-corrected chi connectivity index (χ0v) is 17.3. The van der Waals surface area contributed by atoms with Gasteiger partial charge in [0.15, 0.2) is 11.5 Å². The maximum Gasteiger partial charge on any atom is 0.200 e. The Balaban J connectivity index is 1.51. The molecular formula is C24H38O3. The summed E-state index contributed by atoms with van der Waals surface area (Å²) in [5.74, 6) is -0.659. The van der Waals surface area contributed by atoms with Gasteiger partial charge >= 0.3 is 0 Å². The molecule has 0 spiro atoms. The molecule has 1 aromatic rings. The number of hydrogen-bond donors (Lipinski definition) is 3. The number of aryl methyl sites for hydroxylation is 1. The number of unbranched alkanes of at least 4 members (excludes halogenated alkanes) is 3. The lowest BCUT2D eigenvalue weighted by atomic mass is 9.92. The summed E-state index contributed by atoms with van der Waals surface area (Å²) in [5.41, 5.74) is 3.10. The zero-order valence-electron chi connectivity index (χ0n) is 17.3. The maximum absolute atomic E-state index is 10.4. The van der Waals surface area contributed by atoms with Crippen molar-refractivity contribution in [2.45, 2.75) is 104 Å². The lowest BCUT2D eigenvalue weighted by molar-refractivity contribution is 0.363. The van der Waals surface area contributed by atoms with Gasteiger partial charge in [0, 0.05) is 5.56 Å².